The molecule has 0 unspecified atom stereocenters. The van der Waals surface area contributed by atoms with Crippen molar-refractivity contribution in [1.29, 1.82) is 0 Å². The van der Waals surface area contributed by atoms with Crippen molar-refractivity contribution in [2.45, 2.75) is 13.0 Å². The van der Waals surface area contributed by atoms with Gasteiger partial charge >= 0.3 is 6.09 Å². The number of nitrogens with one attached hydrogen (secondary N) is 1. The number of nitrogens with zero attached hydrogens (tertiary/aromatic N) is 1. The Bertz CT molecular complexity index is 309. The molecule has 0 aliphatic rings. The summed E-state index contributed by atoms with van der Waals surface area (Å²) in [5.41, 5.74) is 0. The van der Waals surface area contributed by atoms with Crippen molar-refractivity contribution < 1.29 is 13.9 Å². The minimum Gasteiger partial charge on any atom is -0.468 e. The zero-order valence-electron chi connectivity index (χ0n) is 9.90. The van der Waals surface area contributed by atoms with Crippen molar-refractivity contribution in [2.75, 3.05) is 27.2 Å². The van der Waals surface area contributed by atoms with Gasteiger partial charge in [0.2, 0.25) is 0 Å². The minimum absolute atomic E-state index is 0.0133. The summed E-state index contributed by atoms with van der Waals surface area (Å²) < 4.78 is 10.1. The Morgan fingerprint density at radius 3 is 2.88 bits per heavy atom. The maximum Gasteiger partial charge on any atom is 0.407 e. The van der Waals surface area contributed by atoms with Crippen LogP contribution < -0.4 is 5.32 Å². The lowest BCUT2D eigenvalue weighted by Crippen LogP contribution is -2.34. The van der Waals surface area contributed by atoms with Gasteiger partial charge in [-0.2, -0.15) is 0 Å². The largest absolute Gasteiger partial charge is 0.468 e. The van der Waals surface area contributed by atoms with Crippen molar-refractivity contribution >= 4 is 6.09 Å². The summed E-state index contributed by atoms with van der Waals surface area (Å²) in [6.45, 7) is 2.61. The van der Waals surface area contributed by atoms with Gasteiger partial charge in [-0.15, -0.1) is 0 Å². The lowest BCUT2D eigenvalue weighted by molar-refractivity contribution is 0.147. The molecule has 1 N–H and O–H groups in total. The van der Waals surface area contributed by atoms with Crippen LogP contribution in [0.2, 0.25) is 0 Å². The first-order valence-corrected chi connectivity index (χ1v) is 5.25. The lowest BCUT2D eigenvalue weighted by Gasteiger charge is -2.22. The number of likely N-dealkylation sites (N-methyl/N-ethyl adjacent to an activating group) is 1. The number of ether oxygens (including phenoxy) is 1. The molecule has 16 heavy (non-hydrogen) atoms. The molecule has 1 atom stereocenters. The first-order chi connectivity index (χ1) is 7.65. The lowest BCUT2D eigenvalue weighted by atomic mass is 10.2. The van der Waals surface area contributed by atoms with E-state index in [9.17, 15) is 4.79 Å². The topological polar surface area (TPSA) is 54.7 Å². The van der Waals surface area contributed by atoms with Gasteiger partial charge in [-0.05, 0) is 33.2 Å². The van der Waals surface area contributed by atoms with Crippen molar-refractivity contribution in [3.05, 3.63) is 24.2 Å². The summed E-state index contributed by atoms with van der Waals surface area (Å²) in [6.07, 6.45) is 1.22. The molecule has 1 aromatic rings. The smallest absolute Gasteiger partial charge is 0.407 e. The Kier molecular flexibility index (Phi) is 4.85. The van der Waals surface area contributed by atoms with E-state index >= 15 is 0 Å². The minimum atomic E-state index is -0.402. The van der Waals surface area contributed by atoms with Crippen molar-refractivity contribution in [3.63, 3.8) is 0 Å². The number of carbonyl (C=O) groups is 1. The van der Waals surface area contributed by atoms with E-state index < -0.39 is 6.09 Å². The highest BCUT2D eigenvalue weighted by Crippen LogP contribution is 2.17. The molecular formula is C11H18N2O3. The summed E-state index contributed by atoms with van der Waals surface area (Å²) in [5, 5.41) is 2.69. The monoisotopic (exact) mass is 226 g/mol. The Labute approximate surface area is 95.4 Å². The molecule has 0 saturated carbocycles. The maximum absolute atomic E-state index is 11.2. The summed E-state index contributed by atoms with van der Waals surface area (Å²) >= 11 is 0. The van der Waals surface area contributed by atoms with E-state index in [0.717, 1.165) is 5.76 Å². The van der Waals surface area contributed by atoms with Crippen LogP contribution in [0.5, 0.6) is 0 Å². The van der Waals surface area contributed by atoms with Crippen LogP contribution in [0.25, 0.3) is 0 Å². The Morgan fingerprint density at radius 1 is 1.62 bits per heavy atom. The number of amides is 1. The molecule has 0 bridgehead atoms. The van der Waals surface area contributed by atoms with Gasteiger partial charge in [0, 0.05) is 6.54 Å². The predicted molar refractivity (Wildman–Crippen MR) is 60.2 cm³/mol. The molecule has 0 fully saturated rings. The van der Waals surface area contributed by atoms with Gasteiger partial charge < -0.3 is 14.5 Å². The summed E-state index contributed by atoms with van der Waals surface area (Å²) in [5.74, 6) is 0.821. The van der Waals surface area contributed by atoms with Crippen LogP contribution in [0, 0.1) is 0 Å². The fourth-order valence-corrected chi connectivity index (χ4v) is 1.38. The van der Waals surface area contributed by atoms with E-state index in [1.807, 2.05) is 31.1 Å². The van der Waals surface area contributed by atoms with Crippen LogP contribution in [0.4, 0.5) is 4.79 Å². The quantitative estimate of drug-likeness (QED) is 0.829. The second-order valence-electron chi connectivity index (χ2n) is 3.60. The second-order valence-corrected chi connectivity index (χ2v) is 3.60. The molecule has 5 heteroatoms. The molecule has 0 radical (unpaired) electrons. The first-order valence-electron chi connectivity index (χ1n) is 5.25. The van der Waals surface area contributed by atoms with Crippen molar-refractivity contribution in [2.24, 2.45) is 0 Å². The van der Waals surface area contributed by atoms with Crippen LogP contribution in [0.1, 0.15) is 18.7 Å². The zero-order valence-corrected chi connectivity index (χ0v) is 9.90. The van der Waals surface area contributed by atoms with Crippen LogP contribution in [-0.4, -0.2) is 38.2 Å². The normalized spacial score (nSPS) is 12.5. The van der Waals surface area contributed by atoms with Gasteiger partial charge in [0.25, 0.3) is 0 Å². The number of rotatable bonds is 5. The Hall–Kier alpha value is -1.49. The summed E-state index contributed by atoms with van der Waals surface area (Å²) in [6, 6.07) is 3.73. The van der Waals surface area contributed by atoms with Crippen molar-refractivity contribution in [3.8, 4) is 0 Å². The number of alkyl carbamates (subject to hydrolysis) is 1. The second kappa shape index (κ2) is 6.17. The SMILES string of the molecule is CCOC(=O)NC[C@@H](c1ccco1)N(C)C. The molecule has 0 spiro atoms. The highest BCUT2D eigenvalue weighted by Gasteiger charge is 2.17. The highest BCUT2D eigenvalue weighted by atomic mass is 16.5. The van der Waals surface area contributed by atoms with E-state index in [0.29, 0.717) is 13.2 Å². The predicted octanol–water partition coefficient (Wildman–Crippen LogP) is 1.63. The van der Waals surface area contributed by atoms with Crippen LogP contribution >= 0.6 is 0 Å². The third-order valence-corrected chi connectivity index (χ3v) is 2.21. The molecular weight excluding hydrogens is 208 g/mol. The average molecular weight is 226 g/mol. The fourth-order valence-electron chi connectivity index (χ4n) is 1.38. The van der Waals surface area contributed by atoms with Gasteiger partial charge in [-0.1, -0.05) is 0 Å². The number of hydrogen-bond donors (Lipinski definition) is 1. The fraction of sp³-hybridized carbons (Fsp3) is 0.545. The Balaban J connectivity index is 2.50. The van der Waals surface area contributed by atoms with Crippen molar-refractivity contribution in [1.82, 2.24) is 10.2 Å². The van der Waals surface area contributed by atoms with E-state index in [-0.39, 0.29) is 6.04 Å². The molecule has 0 aromatic carbocycles. The number of hydrogen-bond acceptors (Lipinski definition) is 4. The Morgan fingerprint density at radius 2 is 2.38 bits per heavy atom. The molecule has 0 aliphatic carbocycles. The molecule has 5 nitrogen and oxygen atoms in total. The van der Waals surface area contributed by atoms with Crippen LogP contribution in [0.15, 0.2) is 22.8 Å². The van der Waals surface area contributed by atoms with E-state index in [1.54, 1.807) is 13.2 Å². The van der Waals surface area contributed by atoms with Crippen LogP contribution in [-0.2, 0) is 4.74 Å². The standard InChI is InChI=1S/C11H18N2O3/c1-4-15-11(14)12-8-9(13(2)3)10-6-5-7-16-10/h5-7,9H,4,8H2,1-3H3,(H,12,14)/t9-/m0/s1. The number of furan rings is 1. The third kappa shape index (κ3) is 3.58. The molecule has 0 saturated heterocycles. The molecule has 0 aliphatic heterocycles. The number of carbonyl (C=O) groups excluding carboxylic acids is 1. The van der Waals surface area contributed by atoms with E-state index in [1.165, 1.54) is 0 Å². The van der Waals surface area contributed by atoms with Gasteiger partial charge in [0.05, 0.1) is 18.9 Å². The van der Waals surface area contributed by atoms with Gasteiger partial charge in [0.15, 0.2) is 0 Å². The van der Waals surface area contributed by atoms with E-state index in [2.05, 4.69) is 5.32 Å². The van der Waals surface area contributed by atoms with Gasteiger partial charge in [0.1, 0.15) is 5.76 Å². The third-order valence-electron chi connectivity index (χ3n) is 2.21. The average Bonchev–Trinajstić information content (AvgIpc) is 2.71. The molecule has 1 rings (SSSR count). The first kappa shape index (κ1) is 12.6. The molecule has 1 amide bonds. The van der Waals surface area contributed by atoms with Crippen LogP contribution in [0.3, 0.4) is 0 Å². The van der Waals surface area contributed by atoms with Gasteiger partial charge in [-0.25, -0.2) is 4.79 Å². The molecule has 1 aromatic heterocycles. The van der Waals surface area contributed by atoms with Gasteiger partial charge in [-0.3, -0.25) is 4.90 Å². The van der Waals surface area contributed by atoms with E-state index in [4.69, 9.17) is 9.15 Å². The maximum atomic E-state index is 11.2. The summed E-state index contributed by atoms with van der Waals surface area (Å²) in [4.78, 5) is 13.1. The molecule has 90 valence electrons. The molecule has 1 heterocycles. The summed E-state index contributed by atoms with van der Waals surface area (Å²) in [7, 11) is 3.86. The highest BCUT2D eigenvalue weighted by molar-refractivity contribution is 5.67. The zero-order chi connectivity index (χ0) is 12.0.